The Morgan fingerprint density at radius 3 is 2.36 bits per heavy atom. The SMILES string of the molecule is NC(=O)c1ccn(-c2ccccc2NC(=O)CNC(=O)Cc2ccccc2)n1. The molecule has 0 saturated heterocycles. The second kappa shape index (κ2) is 8.63. The minimum atomic E-state index is -0.638. The molecule has 0 unspecified atom stereocenters. The monoisotopic (exact) mass is 377 g/mol. The summed E-state index contributed by atoms with van der Waals surface area (Å²) in [7, 11) is 0. The van der Waals surface area contributed by atoms with Gasteiger partial charge in [0.1, 0.15) is 5.69 Å². The first kappa shape index (κ1) is 18.8. The third-order valence-corrected chi connectivity index (χ3v) is 3.92. The minimum absolute atomic E-state index is 0.120. The number of amides is 3. The summed E-state index contributed by atoms with van der Waals surface area (Å²) < 4.78 is 1.45. The summed E-state index contributed by atoms with van der Waals surface area (Å²) >= 11 is 0. The Kier molecular flexibility index (Phi) is 5.81. The van der Waals surface area contributed by atoms with E-state index in [9.17, 15) is 14.4 Å². The number of carbonyl (C=O) groups is 3. The fourth-order valence-corrected chi connectivity index (χ4v) is 2.59. The molecule has 1 heterocycles. The van der Waals surface area contributed by atoms with Crippen LogP contribution in [0.2, 0.25) is 0 Å². The highest BCUT2D eigenvalue weighted by Gasteiger charge is 2.12. The van der Waals surface area contributed by atoms with Gasteiger partial charge in [0.25, 0.3) is 5.91 Å². The van der Waals surface area contributed by atoms with Crippen molar-refractivity contribution < 1.29 is 14.4 Å². The molecule has 2 aromatic carbocycles. The highest BCUT2D eigenvalue weighted by molar-refractivity contribution is 5.96. The second-order valence-corrected chi connectivity index (χ2v) is 6.01. The molecule has 0 aliphatic rings. The van der Waals surface area contributed by atoms with E-state index in [-0.39, 0.29) is 30.5 Å². The summed E-state index contributed by atoms with van der Waals surface area (Å²) in [6, 6.07) is 17.7. The van der Waals surface area contributed by atoms with Gasteiger partial charge in [-0.3, -0.25) is 14.4 Å². The van der Waals surface area contributed by atoms with E-state index >= 15 is 0 Å². The average molecular weight is 377 g/mol. The van der Waals surface area contributed by atoms with Crippen molar-refractivity contribution in [2.75, 3.05) is 11.9 Å². The van der Waals surface area contributed by atoms with Crippen LogP contribution in [0.4, 0.5) is 5.69 Å². The molecule has 0 aliphatic heterocycles. The van der Waals surface area contributed by atoms with Gasteiger partial charge in [0.2, 0.25) is 11.8 Å². The number of para-hydroxylation sites is 2. The van der Waals surface area contributed by atoms with Crippen LogP contribution in [0.1, 0.15) is 16.1 Å². The van der Waals surface area contributed by atoms with E-state index in [1.807, 2.05) is 30.3 Å². The summed E-state index contributed by atoms with van der Waals surface area (Å²) in [5.74, 6) is -1.26. The lowest BCUT2D eigenvalue weighted by Gasteiger charge is -2.11. The van der Waals surface area contributed by atoms with Crippen molar-refractivity contribution in [3.8, 4) is 5.69 Å². The first-order chi connectivity index (χ1) is 13.5. The number of hydrogen-bond acceptors (Lipinski definition) is 4. The molecule has 28 heavy (non-hydrogen) atoms. The second-order valence-electron chi connectivity index (χ2n) is 6.01. The van der Waals surface area contributed by atoms with Crippen LogP contribution in [0.25, 0.3) is 5.69 Å². The third-order valence-electron chi connectivity index (χ3n) is 3.92. The van der Waals surface area contributed by atoms with Crippen molar-refractivity contribution in [3.63, 3.8) is 0 Å². The van der Waals surface area contributed by atoms with Crippen molar-refractivity contribution in [3.05, 3.63) is 78.1 Å². The molecule has 0 atom stereocenters. The van der Waals surface area contributed by atoms with Crippen LogP contribution < -0.4 is 16.4 Å². The summed E-state index contributed by atoms with van der Waals surface area (Å²) in [4.78, 5) is 35.4. The summed E-state index contributed by atoms with van der Waals surface area (Å²) in [5, 5.41) is 9.42. The summed E-state index contributed by atoms with van der Waals surface area (Å²) in [5.41, 5.74) is 7.27. The normalized spacial score (nSPS) is 10.3. The zero-order valence-corrected chi connectivity index (χ0v) is 15.0. The predicted molar refractivity (Wildman–Crippen MR) is 104 cm³/mol. The number of rotatable bonds is 7. The lowest BCUT2D eigenvalue weighted by molar-refractivity contribution is -0.123. The number of aromatic nitrogens is 2. The zero-order chi connectivity index (χ0) is 19.9. The quantitative estimate of drug-likeness (QED) is 0.574. The molecule has 3 aromatic rings. The number of nitrogens with zero attached hydrogens (tertiary/aromatic N) is 2. The molecular weight excluding hydrogens is 358 g/mol. The van der Waals surface area contributed by atoms with Crippen LogP contribution in [0, 0.1) is 0 Å². The number of benzene rings is 2. The number of nitrogens with two attached hydrogens (primary N) is 1. The molecule has 0 radical (unpaired) electrons. The largest absolute Gasteiger partial charge is 0.364 e. The van der Waals surface area contributed by atoms with Crippen LogP contribution >= 0.6 is 0 Å². The van der Waals surface area contributed by atoms with Gasteiger partial charge in [0.05, 0.1) is 24.3 Å². The summed E-state index contributed by atoms with van der Waals surface area (Å²) in [6.45, 7) is -0.161. The molecule has 8 heteroatoms. The summed E-state index contributed by atoms with van der Waals surface area (Å²) in [6.07, 6.45) is 1.78. The van der Waals surface area contributed by atoms with E-state index < -0.39 is 5.91 Å². The number of anilines is 1. The average Bonchev–Trinajstić information content (AvgIpc) is 3.18. The van der Waals surface area contributed by atoms with Gasteiger partial charge in [-0.2, -0.15) is 5.10 Å². The van der Waals surface area contributed by atoms with E-state index in [0.29, 0.717) is 11.4 Å². The first-order valence-corrected chi connectivity index (χ1v) is 8.58. The van der Waals surface area contributed by atoms with E-state index in [1.165, 1.54) is 10.7 Å². The van der Waals surface area contributed by atoms with Gasteiger partial charge in [0, 0.05) is 6.20 Å². The Balaban J connectivity index is 1.61. The van der Waals surface area contributed by atoms with Gasteiger partial charge >= 0.3 is 0 Å². The predicted octanol–water partition coefficient (Wildman–Crippen LogP) is 1.27. The Hall–Kier alpha value is -3.94. The number of nitrogens with one attached hydrogen (secondary N) is 2. The van der Waals surface area contributed by atoms with E-state index in [0.717, 1.165) is 5.56 Å². The maximum atomic E-state index is 12.2. The minimum Gasteiger partial charge on any atom is -0.364 e. The number of hydrogen-bond donors (Lipinski definition) is 3. The zero-order valence-electron chi connectivity index (χ0n) is 15.0. The van der Waals surface area contributed by atoms with E-state index in [4.69, 9.17) is 5.73 Å². The van der Waals surface area contributed by atoms with Crippen LogP contribution in [0.15, 0.2) is 66.9 Å². The molecule has 8 nitrogen and oxygen atoms in total. The molecule has 142 valence electrons. The fourth-order valence-electron chi connectivity index (χ4n) is 2.59. The van der Waals surface area contributed by atoms with E-state index in [2.05, 4.69) is 15.7 Å². The maximum absolute atomic E-state index is 12.2. The molecule has 0 aliphatic carbocycles. The molecule has 0 bridgehead atoms. The Labute approximate surface area is 161 Å². The fraction of sp³-hybridized carbons (Fsp3) is 0.100. The Morgan fingerprint density at radius 2 is 1.64 bits per heavy atom. The van der Waals surface area contributed by atoms with Gasteiger partial charge in [-0.15, -0.1) is 0 Å². The molecule has 1 aromatic heterocycles. The third kappa shape index (κ3) is 4.82. The topological polar surface area (TPSA) is 119 Å². The van der Waals surface area contributed by atoms with Gasteiger partial charge in [-0.25, -0.2) is 4.68 Å². The lowest BCUT2D eigenvalue weighted by atomic mass is 10.1. The Bertz CT molecular complexity index is 998. The molecule has 3 amide bonds. The molecule has 0 spiro atoms. The molecule has 0 fully saturated rings. The van der Waals surface area contributed by atoms with E-state index in [1.54, 1.807) is 30.5 Å². The van der Waals surface area contributed by atoms with Crippen LogP contribution in [0.5, 0.6) is 0 Å². The highest BCUT2D eigenvalue weighted by atomic mass is 16.2. The van der Waals surface area contributed by atoms with Crippen LogP contribution in [0.3, 0.4) is 0 Å². The molecule has 4 N–H and O–H groups in total. The van der Waals surface area contributed by atoms with Crippen molar-refractivity contribution in [1.82, 2.24) is 15.1 Å². The van der Waals surface area contributed by atoms with Gasteiger partial charge in [0.15, 0.2) is 0 Å². The number of primary amides is 1. The Morgan fingerprint density at radius 1 is 0.929 bits per heavy atom. The molecular formula is C20H19N5O3. The lowest BCUT2D eigenvalue weighted by Crippen LogP contribution is -2.34. The maximum Gasteiger partial charge on any atom is 0.269 e. The van der Waals surface area contributed by atoms with Gasteiger partial charge < -0.3 is 16.4 Å². The van der Waals surface area contributed by atoms with Crippen LogP contribution in [-0.4, -0.2) is 34.0 Å². The number of carbonyl (C=O) groups excluding carboxylic acids is 3. The van der Waals surface area contributed by atoms with Crippen LogP contribution in [-0.2, 0) is 16.0 Å². The highest BCUT2D eigenvalue weighted by Crippen LogP contribution is 2.19. The first-order valence-electron chi connectivity index (χ1n) is 8.58. The smallest absolute Gasteiger partial charge is 0.269 e. The van der Waals surface area contributed by atoms with Crippen molar-refractivity contribution in [2.24, 2.45) is 5.73 Å². The van der Waals surface area contributed by atoms with Crippen molar-refractivity contribution >= 4 is 23.4 Å². The molecule has 0 saturated carbocycles. The molecule has 3 rings (SSSR count). The van der Waals surface area contributed by atoms with Crippen molar-refractivity contribution in [1.29, 1.82) is 0 Å². The standard InChI is InChI=1S/C20H19N5O3/c21-20(28)16-10-11-25(24-16)17-9-5-4-8-15(17)23-19(27)13-22-18(26)12-14-6-2-1-3-7-14/h1-11H,12-13H2,(H2,21,28)(H,22,26)(H,23,27). The van der Waals surface area contributed by atoms with Crippen molar-refractivity contribution in [2.45, 2.75) is 6.42 Å². The van der Waals surface area contributed by atoms with Gasteiger partial charge in [-0.1, -0.05) is 42.5 Å². The van der Waals surface area contributed by atoms with Gasteiger partial charge in [-0.05, 0) is 23.8 Å².